The number of carbonyl (C=O) groups is 1. The van der Waals surface area contributed by atoms with E-state index < -0.39 is 0 Å². The minimum absolute atomic E-state index is 0.0410. The van der Waals surface area contributed by atoms with Crippen molar-refractivity contribution in [3.63, 3.8) is 0 Å². The van der Waals surface area contributed by atoms with Crippen LogP contribution in [-0.2, 0) is 0 Å². The van der Waals surface area contributed by atoms with Gasteiger partial charge >= 0.3 is 0 Å². The largest absolute Gasteiger partial charge is 0.387 e. The smallest absolute Gasteiger partial charge is 0.257 e. The van der Waals surface area contributed by atoms with Gasteiger partial charge in [-0.2, -0.15) is 0 Å². The van der Waals surface area contributed by atoms with Gasteiger partial charge < -0.3 is 10.2 Å². The SMILES string of the molecule is CCC(C)N(CC)C(=O)c1cnccc1NC. The first-order valence-corrected chi connectivity index (χ1v) is 6.08. The van der Waals surface area contributed by atoms with Gasteiger partial charge in [0.2, 0.25) is 0 Å². The monoisotopic (exact) mass is 235 g/mol. The number of amides is 1. The van der Waals surface area contributed by atoms with Crippen LogP contribution < -0.4 is 5.32 Å². The van der Waals surface area contributed by atoms with E-state index in [1.165, 1.54) is 0 Å². The van der Waals surface area contributed by atoms with E-state index in [1.54, 1.807) is 12.4 Å². The van der Waals surface area contributed by atoms with Crippen molar-refractivity contribution in [1.29, 1.82) is 0 Å². The second kappa shape index (κ2) is 6.23. The first kappa shape index (κ1) is 13.5. The Bertz CT molecular complexity index is 379. The molecule has 0 bridgehead atoms. The van der Waals surface area contributed by atoms with Crippen molar-refractivity contribution in [1.82, 2.24) is 9.88 Å². The molecule has 4 nitrogen and oxygen atoms in total. The van der Waals surface area contributed by atoms with Crippen LogP contribution in [0.5, 0.6) is 0 Å². The molecule has 1 heterocycles. The molecule has 0 aliphatic heterocycles. The highest BCUT2D eigenvalue weighted by molar-refractivity contribution is 5.99. The van der Waals surface area contributed by atoms with Crippen LogP contribution in [0.1, 0.15) is 37.6 Å². The Morgan fingerprint density at radius 2 is 2.24 bits per heavy atom. The van der Waals surface area contributed by atoms with Gasteiger partial charge in [0.1, 0.15) is 0 Å². The quantitative estimate of drug-likeness (QED) is 0.852. The van der Waals surface area contributed by atoms with Crippen LogP contribution in [0, 0.1) is 0 Å². The Hall–Kier alpha value is -1.58. The summed E-state index contributed by atoms with van der Waals surface area (Å²) in [5.74, 6) is 0.0410. The number of pyridine rings is 1. The highest BCUT2D eigenvalue weighted by atomic mass is 16.2. The summed E-state index contributed by atoms with van der Waals surface area (Å²) in [5, 5.41) is 3.02. The van der Waals surface area contributed by atoms with Crippen LogP contribution in [0.2, 0.25) is 0 Å². The topological polar surface area (TPSA) is 45.2 Å². The molecule has 94 valence electrons. The van der Waals surface area contributed by atoms with Gasteiger partial charge in [0.15, 0.2) is 0 Å². The predicted molar refractivity (Wildman–Crippen MR) is 70.2 cm³/mol. The molecule has 1 rings (SSSR count). The minimum atomic E-state index is 0.0410. The van der Waals surface area contributed by atoms with E-state index in [9.17, 15) is 4.79 Å². The number of carbonyl (C=O) groups excluding carboxylic acids is 1. The second-order valence-electron chi connectivity index (χ2n) is 4.02. The van der Waals surface area contributed by atoms with E-state index in [4.69, 9.17) is 0 Å². The fraction of sp³-hybridized carbons (Fsp3) is 0.538. The molecule has 17 heavy (non-hydrogen) atoms. The fourth-order valence-electron chi connectivity index (χ4n) is 1.81. The number of hydrogen-bond acceptors (Lipinski definition) is 3. The fourth-order valence-corrected chi connectivity index (χ4v) is 1.81. The summed E-state index contributed by atoms with van der Waals surface area (Å²) in [6, 6.07) is 2.06. The normalized spacial score (nSPS) is 12.0. The van der Waals surface area contributed by atoms with E-state index in [2.05, 4.69) is 24.1 Å². The molecule has 1 atom stereocenters. The van der Waals surface area contributed by atoms with Crippen molar-refractivity contribution in [2.24, 2.45) is 0 Å². The van der Waals surface area contributed by atoms with Crippen molar-refractivity contribution in [2.45, 2.75) is 33.2 Å². The van der Waals surface area contributed by atoms with Crippen molar-refractivity contribution in [2.75, 3.05) is 18.9 Å². The van der Waals surface area contributed by atoms with Gasteiger partial charge in [-0.15, -0.1) is 0 Å². The Kier molecular flexibility index (Phi) is 4.94. The minimum Gasteiger partial charge on any atom is -0.387 e. The molecule has 0 aliphatic rings. The van der Waals surface area contributed by atoms with Gasteiger partial charge in [0, 0.05) is 37.7 Å². The summed E-state index contributed by atoms with van der Waals surface area (Å²) < 4.78 is 0. The van der Waals surface area contributed by atoms with Gasteiger partial charge in [0.05, 0.1) is 5.56 Å². The lowest BCUT2D eigenvalue weighted by Crippen LogP contribution is -2.38. The lowest BCUT2D eigenvalue weighted by atomic mass is 10.1. The van der Waals surface area contributed by atoms with Crippen LogP contribution >= 0.6 is 0 Å². The summed E-state index contributed by atoms with van der Waals surface area (Å²) in [7, 11) is 1.81. The number of nitrogens with zero attached hydrogens (tertiary/aromatic N) is 2. The number of aromatic nitrogens is 1. The molecule has 0 saturated carbocycles. The lowest BCUT2D eigenvalue weighted by molar-refractivity contribution is 0.0700. The predicted octanol–water partition coefficient (Wildman–Crippen LogP) is 2.38. The van der Waals surface area contributed by atoms with Crippen LogP contribution in [0.4, 0.5) is 5.69 Å². The number of anilines is 1. The van der Waals surface area contributed by atoms with Gasteiger partial charge in [-0.1, -0.05) is 6.92 Å². The molecular formula is C13H21N3O. The Balaban J connectivity index is 3.01. The number of hydrogen-bond donors (Lipinski definition) is 1. The second-order valence-corrected chi connectivity index (χ2v) is 4.02. The van der Waals surface area contributed by atoms with E-state index >= 15 is 0 Å². The zero-order chi connectivity index (χ0) is 12.8. The van der Waals surface area contributed by atoms with Gasteiger partial charge in [-0.3, -0.25) is 9.78 Å². The third-order valence-corrected chi connectivity index (χ3v) is 3.05. The average molecular weight is 235 g/mol. The van der Waals surface area contributed by atoms with E-state index in [0.717, 1.165) is 12.1 Å². The van der Waals surface area contributed by atoms with E-state index in [1.807, 2.05) is 24.9 Å². The number of rotatable bonds is 5. The van der Waals surface area contributed by atoms with Gasteiger partial charge in [-0.05, 0) is 26.3 Å². The molecule has 0 aliphatic carbocycles. The summed E-state index contributed by atoms with van der Waals surface area (Å²) in [6.07, 6.45) is 4.26. The van der Waals surface area contributed by atoms with Crippen LogP contribution in [0.25, 0.3) is 0 Å². The first-order valence-electron chi connectivity index (χ1n) is 6.08. The third-order valence-electron chi connectivity index (χ3n) is 3.05. The van der Waals surface area contributed by atoms with Crippen molar-refractivity contribution >= 4 is 11.6 Å². The van der Waals surface area contributed by atoms with Crippen LogP contribution in [-0.4, -0.2) is 35.4 Å². The zero-order valence-corrected chi connectivity index (χ0v) is 11.0. The maximum atomic E-state index is 12.4. The molecule has 1 aromatic heterocycles. The lowest BCUT2D eigenvalue weighted by Gasteiger charge is -2.27. The van der Waals surface area contributed by atoms with E-state index in [0.29, 0.717) is 12.1 Å². The Morgan fingerprint density at radius 3 is 2.76 bits per heavy atom. The molecule has 0 aromatic carbocycles. The molecular weight excluding hydrogens is 214 g/mol. The number of nitrogens with one attached hydrogen (secondary N) is 1. The van der Waals surface area contributed by atoms with Crippen molar-refractivity contribution in [3.05, 3.63) is 24.0 Å². The van der Waals surface area contributed by atoms with Crippen LogP contribution in [0.3, 0.4) is 0 Å². The summed E-state index contributed by atoms with van der Waals surface area (Å²) >= 11 is 0. The maximum Gasteiger partial charge on any atom is 0.257 e. The Labute approximate surface area is 103 Å². The molecule has 1 amide bonds. The average Bonchev–Trinajstić information content (AvgIpc) is 2.38. The molecule has 0 radical (unpaired) electrons. The molecule has 0 saturated heterocycles. The molecule has 1 N–H and O–H groups in total. The standard InChI is InChI=1S/C13H21N3O/c1-5-10(3)16(6-2)13(17)11-9-15-8-7-12(11)14-4/h7-10H,5-6H2,1-4H3,(H,14,15). The third kappa shape index (κ3) is 2.96. The summed E-state index contributed by atoms with van der Waals surface area (Å²) in [4.78, 5) is 18.3. The summed E-state index contributed by atoms with van der Waals surface area (Å²) in [5.41, 5.74) is 1.46. The van der Waals surface area contributed by atoms with Gasteiger partial charge in [0.25, 0.3) is 5.91 Å². The molecule has 1 unspecified atom stereocenters. The first-order chi connectivity index (χ1) is 8.15. The highest BCUT2D eigenvalue weighted by Gasteiger charge is 2.20. The molecule has 0 fully saturated rings. The zero-order valence-electron chi connectivity index (χ0n) is 11.0. The Morgan fingerprint density at radius 1 is 1.53 bits per heavy atom. The maximum absolute atomic E-state index is 12.4. The molecule has 4 heteroatoms. The molecule has 1 aromatic rings. The van der Waals surface area contributed by atoms with E-state index in [-0.39, 0.29) is 11.9 Å². The van der Waals surface area contributed by atoms with Crippen LogP contribution in [0.15, 0.2) is 18.5 Å². The summed E-state index contributed by atoms with van der Waals surface area (Å²) in [6.45, 7) is 6.87. The van der Waals surface area contributed by atoms with Crippen molar-refractivity contribution < 1.29 is 4.79 Å². The molecule has 0 spiro atoms. The highest BCUT2D eigenvalue weighted by Crippen LogP contribution is 2.17. The van der Waals surface area contributed by atoms with Crippen molar-refractivity contribution in [3.8, 4) is 0 Å². The van der Waals surface area contributed by atoms with Gasteiger partial charge in [-0.25, -0.2) is 0 Å².